The fourth-order valence-corrected chi connectivity index (χ4v) is 2.59. The number of amides is 1. The summed E-state index contributed by atoms with van der Waals surface area (Å²) in [4.78, 5) is 11.6. The Balaban J connectivity index is 2.00. The molecule has 1 aliphatic carbocycles. The third kappa shape index (κ3) is 1.70. The van der Waals surface area contributed by atoms with E-state index in [-0.39, 0.29) is 11.8 Å². The monoisotopic (exact) mass is 225 g/mol. The van der Waals surface area contributed by atoms with E-state index in [0.717, 1.165) is 6.42 Å². The lowest BCUT2D eigenvalue weighted by Gasteiger charge is -2.05. The van der Waals surface area contributed by atoms with Gasteiger partial charge in [-0.05, 0) is 28.7 Å². The van der Waals surface area contributed by atoms with Crippen molar-refractivity contribution >= 4 is 16.7 Å². The van der Waals surface area contributed by atoms with Gasteiger partial charge in [0.2, 0.25) is 5.91 Å². The van der Waals surface area contributed by atoms with E-state index in [1.54, 1.807) is 7.05 Å². The second-order valence-electron chi connectivity index (χ2n) is 4.63. The molecule has 1 N–H and O–H groups in total. The predicted octanol–water partition coefficient (Wildman–Crippen LogP) is 2.69. The highest BCUT2D eigenvalue weighted by molar-refractivity contribution is 5.89. The van der Waals surface area contributed by atoms with Gasteiger partial charge in [-0.2, -0.15) is 0 Å². The number of fused-ring (bicyclic) bond motifs is 1. The van der Waals surface area contributed by atoms with Crippen molar-refractivity contribution in [1.29, 1.82) is 0 Å². The quantitative estimate of drug-likeness (QED) is 0.836. The van der Waals surface area contributed by atoms with Gasteiger partial charge in [-0.3, -0.25) is 4.79 Å². The Morgan fingerprint density at radius 3 is 2.76 bits per heavy atom. The lowest BCUT2D eigenvalue weighted by atomic mass is 10.00. The number of hydrogen-bond acceptors (Lipinski definition) is 1. The molecule has 1 fully saturated rings. The molecule has 1 aliphatic rings. The van der Waals surface area contributed by atoms with Gasteiger partial charge in [0.15, 0.2) is 0 Å². The van der Waals surface area contributed by atoms with Crippen molar-refractivity contribution < 1.29 is 4.79 Å². The molecule has 0 saturated heterocycles. The minimum absolute atomic E-state index is 0.169. The van der Waals surface area contributed by atoms with Gasteiger partial charge >= 0.3 is 0 Å². The molecule has 2 aromatic rings. The maximum atomic E-state index is 11.6. The Bertz CT molecular complexity index is 571. The summed E-state index contributed by atoms with van der Waals surface area (Å²) in [5, 5.41) is 5.28. The van der Waals surface area contributed by atoms with Gasteiger partial charge in [0.05, 0.1) is 0 Å². The number of carbonyl (C=O) groups excluding carboxylic acids is 1. The van der Waals surface area contributed by atoms with Crippen LogP contribution in [0, 0.1) is 5.92 Å². The zero-order valence-electron chi connectivity index (χ0n) is 9.81. The van der Waals surface area contributed by atoms with Crippen molar-refractivity contribution in [1.82, 2.24) is 5.32 Å². The number of benzene rings is 2. The fourth-order valence-electron chi connectivity index (χ4n) is 2.59. The zero-order chi connectivity index (χ0) is 11.8. The highest BCUT2D eigenvalue weighted by Crippen LogP contribution is 2.49. The molecule has 2 heteroatoms. The molecule has 1 amide bonds. The Kier molecular flexibility index (Phi) is 2.36. The SMILES string of the molecule is CNC(=O)C1CC1c1cccc2ccccc12. The van der Waals surface area contributed by atoms with Gasteiger partial charge in [0.25, 0.3) is 0 Å². The summed E-state index contributed by atoms with van der Waals surface area (Å²) < 4.78 is 0. The second-order valence-corrected chi connectivity index (χ2v) is 4.63. The normalized spacial score (nSPS) is 22.4. The summed E-state index contributed by atoms with van der Waals surface area (Å²) in [5.41, 5.74) is 1.32. The van der Waals surface area contributed by atoms with Crippen LogP contribution < -0.4 is 5.32 Å². The van der Waals surface area contributed by atoms with Crippen molar-refractivity contribution in [2.75, 3.05) is 7.05 Å². The van der Waals surface area contributed by atoms with Crippen LogP contribution in [-0.4, -0.2) is 13.0 Å². The maximum Gasteiger partial charge on any atom is 0.223 e. The van der Waals surface area contributed by atoms with E-state index in [1.165, 1.54) is 16.3 Å². The van der Waals surface area contributed by atoms with Crippen molar-refractivity contribution in [3.63, 3.8) is 0 Å². The second kappa shape index (κ2) is 3.88. The molecule has 0 aliphatic heterocycles. The Labute approximate surface area is 101 Å². The number of hydrogen-bond donors (Lipinski definition) is 1. The van der Waals surface area contributed by atoms with Crippen LogP contribution in [0.3, 0.4) is 0 Å². The van der Waals surface area contributed by atoms with Crippen LogP contribution >= 0.6 is 0 Å². The van der Waals surface area contributed by atoms with E-state index >= 15 is 0 Å². The van der Waals surface area contributed by atoms with E-state index in [1.807, 2.05) is 0 Å². The fraction of sp³-hybridized carbons (Fsp3) is 0.267. The summed E-state index contributed by atoms with van der Waals surface area (Å²) in [6.45, 7) is 0. The molecular formula is C15H15NO. The van der Waals surface area contributed by atoms with Crippen LogP contribution in [-0.2, 0) is 4.79 Å². The number of nitrogens with one attached hydrogen (secondary N) is 1. The zero-order valence-corrected chi connectivity index (χ0v) is 9.81. The van der Waals surface area contributed by atoms with Crippen LogP contribution in [0.15, 0.2) is 42.5 Å². The molecule has 0 bridgehead atoms. The first-order valence-corrected chi connectivity index (χ1v) is 6.00. The smallest absolute Gasteiger partial charge is 0.223 e. The summed E-state index contributed by atoms with van der Waals surface area (Å²) >= 11 is 0. The van der Waals surface area contributed by atoms with Gasteiger partial charge in [0.1, 0.15) is 0 Å². The molecule has 2 nitrogen and oxygen atoms in total. The molecule has 2 aromatic carbocycles. The summed E-state index contributed by atoms with van der Waals surface area (Å²) in [6.07, 6.45) is 0.980. The first-order chi connectivity index (χ1) is 8.31. The van der Waals surface area contributed by atoms with E-state index in [0.29, 0.717) is 5.92 Å². The summed E-state index contributed by atoms with van der Waals surface area (Å²) in [5.74, 6) is 0.745. The average molecular weight is 225 g/mol. The molecule has 3 rings (SSSR count). The molecule has 0 radical (unpaired) electrons. The van der Waals surface area contributed by atoms with Gasteiger partial charge in [-0.25, -0.2) is 0 Å². The van der Waals surface area contributed by atoms with E-state index in [9.17, 15) is 4.79 Å². The van der Waals surface area contributed by atoms with Gasteiger partial charge in [0, 0.05) is 13.0 Å². The summed E-state index contributed by atoms with van der Waals surface area (Å²) in [6, 6.07) is 14.7. The lowest BCUT2D eigenvalue weighted by Crippen LogP contribution is -2.20. The van der Waals surface area contributed by atoms with E-state index in [2.05, 4.69) is 47.8 Å². The van der Waals surface area contributed by atoms with Crippen molar-refractivity contribution in [3.05, 3.63) is 48.0 Å². The largest absolute Gasteiger partial charge is 0.359 e. The van der Waals surface area contributed by atoms with Crippen molar-refractivity contribution in [2.24, 2.45) is 5.92 Å². The van der Waals surface area contributed by atoms with Crippen LogP contribution in [0.5, 0.6) is 0 Å². The minimum atomic E-state index is 0.169. The standard InChI is InChI=1S/C15H15NO/c1-16-15(17)14-9-13(14)12-8-4-6-10-5-2-3-7-11(10)12/h2-8,13-14H,9H2,1H3,(H,16,17). The number of rotatable bonds is 2. The Hall–Kier alpha value is -1.83. The summed E-state index contributed by atoms with van der Waals surface area (Å²) in [7, 11) is 1.71. The van der Waals surface area contributed by atoms with E-state index in [4.69, 9.17) is 0 Å². The van der Waals surface area contributed by atoms with E-state index < -0.39 is 0 Å². The molecule has 1 saturated carbocycles. The Morgan fingerprint density at radius 2 is 1.94 bits per heavy atom. The first-order valence-electron chi connectivity index (χ1n) is 6.00. The third-order valence-corrected chi connectivity index (χ3v) is 3.60. The highest BCUT2D eigenvalue weighted by Gasteiger charge is 2.43. The van der Waals surface area contributed by atoms with Crippen LogP contribution in [0.1, 0.15) is 17.9 Å². The molecule has 0 aromatic heterocycles. The van der Waals surface area contributed by atoms with Crippen molar-refractivity contribution in [2.45, 2.75) is 12.3 Å². The molecule has 2 unspecified atom stereocenters. The molecule has 86 valence electrons. The molecule has 17 heavy (non-hydrogen) atoms. The Morgan fingerprint density at radius 1 is 1.18 bits per heavy atom. The third-order valence-electron chi connectivity index (χ3n) is 3.60. The van der Waals surface area contributed by atoms with Crippen LogP contribution in [0.2, 0.25) is 0 Å². The molecule has 2 atom stereocenters. The highest BCUT2D eigenvalue weighted by atomic mass is 16.1. The maximum absolute atomic E-state index is 11.6. The van der Waals surface area contributed by atoms with Crippen molar-refractivity contribution in [3.8, 4) is 0 Å². The number of carbonyl (C=O) groups is 1. The molecule has 0 heterocycles. The molecule has 0 spiro atoms. The lowest BCUT2D eigenvalue weighted by molar-refractivity contribution is -0.121. The minimum Gasteiger partial charge on any atom is -0.359 e. The van der Waals surface area contributed by atoms with Gasteiger partial charge in [-0.15, -0.1) is 0 Å². The molecular weight excluding hydrogens is 210 g/mol. The average Bonchev–Trinajstić information content (AvgIpc) is 3.17. The van der Waals surface area contributed by atoms with Crippen LogP contribution in [0.25, 0.3) is 10.8 Å². The van der Waals surface area contributed by atoms with Gasteiger partial charge < -0.3 is 5.32 Å². The van der Waals surface area contributed by atoms with Gasteiger partial charge in [-0.1, -0.05) is 42.5 Å². The topological polar surface area (TPSA) is 29.1 Å². The predicted molar refractivity (Wildman–Crippen MR) is 68.9 cm³/mol. The first kappa shape index (κ1) is 10.3. The van der Waals surface area contributed by atoms with Crippen LogP contribution in [0.4, 0.5) is 0 Å².